The summed E-state index contributed by atoms with van der Waals surface area (Å²) in [5, 5.41) is 2.84. The van der Waals surface area contributed by atoms with E-state index in [2.05, 4.69) is 5.32 Å². The largest absolute Gasteiger partial charge is 0.462 e. The Balaban J connectivity index is 2.50. The molecule has 4 nitrogen and oxygen atoms in total. The van der Waals surface area contributed by atoms with Crippen LogP contribution in [0.2, 0.25) is 0 Å². The van der Waals surface area contributed by atoms with Crippen molar-refractivity contribution >= 4 is 11.9 Å². The van der Waals surface area contributed by atoms with E-state index in [-0.39, 0.29) is 29.4 Å². The third kappa shape index (κ3) is 2.05. The standard InChI is InChI=1S/C10H17NO3/c1-6(12)11-8-5-9(10(8,3)4)14-7(2)13/h8-9H,5H2,1-4H3,(H,11,12). The normalized spacial score (nSPS) is 28.9. The second kappa shape index (κ2) is 3.59. The van der Waals surface area contributed by atoms with Crippen molar-refractivity contribution in [3.05, 3.63) is 0 Å². The lowest BCUT2D eigenvalue weighted by molar-refractivity contribution is -0.168. The Labute approximate surface area is 84.0 Å². The van der Waals surface area contributed by atoms with E-state index in [9.17, 15) is 9.59 Å². The fourth-order valence-electron chi connectivity index (χ4n) is 1.78. The van der Waals surface area contributed by atoms with Gasteiger partial charge in [-0.2, -0.15) is 0 Å². The summed E-state index contributed by atoms with van der Waals surface area (Å²) < 4.78 is 5.12. The highest BCUT2D eigenvalue weighted by atomic mass is 16.5. The molecule has 0 aromatic heterocycles. The van der Waals surface area contributed by atoms with Crippen molar-refractivity contribution in [2.24, 2.45) is 5.41 Å². The van der Waals surface area contributed by atoms with E-state index >= 15 is 0 Å². The molecule has 0 radical (unpaired) electrons. The smallest absolute Gasteiger partial charge is 0.302 e. The molecule has 1 aliphatic rings. The van der Waals surface area contributed by atoms with Crippen molar-refractivity contribution in [2.75, 3.05) is 0 Å². The van der Waals surface area contributed by atoms with Gasteiger partial charge >= 0.3 is 5.97 Å². The van der Waals surface area contributed by atoms with Gasteiger partial charge in [0.1, 0.15) is 6.10 Å². The number of hydrogen-bond donors (Lipinski definition) is 1. The maximum atomic E-state index is 10.8. The first-order valence-electron chi connectivity index (χ1n) is 4.78. The minimum absolute atomic E-state index is 0.0376. The Morgan fingerprint density at radius 2 is 1.93 bits per heavy atom. The van der Waals surface area contributed by atoms with Gasteiger partial charge in [-0.3, -0.25) is 9.59 Å². The number of carbonyl (C=O) groups is 2. The minimum atomic E-state index is -0.260. The van der Waals surface area contributed by atoms with E-state index in [4.69, 9.17) is 4.74 Å². The predicted molar refractivity (Wildman–Crippen MR) is 51.6 cm³/mol. The summed E-state index contributed by atoms with van der Waals surface area (Å²) in [7, 11) is 0. The van der Waals surface area contributed by atoms with Crippen LogP contribution < -0.4 is 5.32 Å². The Hall–Kier alpha value is -1.06. The molecule has 1 amide bonds. The van der Waals surface area contributed by atoms with E-state index in [0.29, 0.717) is 6.42 Å². The molecule has 2 unspecified atom stereocenters. The van der Waals surface area contributed by atoms with Crippen molar-refractivity contribution < 1.29 is 14.3 Å². The summed E-state index contributed by atoms with van der Waals surface area (Å²) in [6, 6.07) is 0.115. The van der Waals surface area contributed by atoms with Crippen LogP contribution in [0, 0.1) is 5.41 Å². The van der Waals surface area contributed by atoms with E-state index in [1.807, 2.05) is 13.8 Å². The third-order valence-corrected chi connectivity index (χ3v) is 2.86. The topological polar surface area (TPSA) is 55.4 Å². The van der Waals surface area contributed by atoms with E-state index in [0.717, 1.165) is 0 Å². The Kier molecular flexibility index (Phi) is 2.83. The highest BCUT2D eigenvalue weighted by Gasteiger charge is 2.50. The van der Waals surface area contributed by atoms with Crippen molar-refractivity contribution in [1.82, 2.24) is 5.32 Å². The zero-order valence-corrected chi connectivity index (χ0v) is 9.09. The fourth-order valence-corrected chi connectivity index (χ4v) is 1.78. The SMILES string of the molecule is CC(=O)NC1CC(OC(C)=O)C1(C)C. The molecule has 1 aliphatic carbocycles. The molecule has 0 aliphatic heterocycles. The van der Waals surface area contributed by atoms with E-state index < -0.39 is 0 Å². The van der Waals surface area contributed by atoms with Crippen LogP contribution in [0.25, 0.3) is 0 Å². The summed E-state index contributed by atoms with van der Waals surface area (Å²) in [6.07, 6.45) is 0.642. The van der Waals surface area contributed by atoms with Gasteiger partial charge < -0.3 is 10.1 Å². The summed E-state index contributed by atoms with van der Waals surface area (Å²) in [5.74, 6) is -0.297. The summed E-state index contributed by atoms with van der Waals surface area (Å²) in [6.45, 7) is 6.88. The third-order valence-electron chi connectivity index (χ3n) is 2.86. The van der Waals surface area contributed by atoms with Crippen molar-refractivity contribution in [3.8, 4) is 0 Å². The zero-order chi connectivity index (χ0) is 10.9. The van der Waals surface area contributed by atoms with Crippen LogP contribution in [0.15, 0.2) is 0 Å². The van der Waals surface area contributed by atoms with E-state index in [1.165, 1.54) is 13.8 Å². The van der Waals surface area contributed by atoms with Crippen molar-refractivity contribution in [3.63, 3.8) is 0 Å². The second-order valence-corrected chi connectivity index (χ2v) is 4.41. The van der Waals surface area contributed by atoms with Gasteiger partial charge in [0.05, 0.1) is 0 Å². The van der Waals surface area contributed by atoms with Gasteiger partial charge in [0.15, 0.2) is 0 Å². The number of nitrogens with one attached hydrogen (secondary N) is 1. The van der Waals surface area contributed by atoms with Crippen LogP contribution in [0.3, 0.4) is 0 Å². The number of rotatable bonds is 2. The molecule has 1 rings (SSSR count). The maximum absolute atomic E-state index is 10.8. The molecule has 0 aromatic rings. The Morgan fingerprint density at radius 1 is 1.36 bits per heavy atom. The number of ether oxygens (including phenoxy) is 1. The molecular weight excluding hydrogens is 182 g/mol. The molecule has 80 valence electrons. The van der Waals surface area contributed by atoms with E-state index in [1.54, 1.807) is 0 Å². The lowest BCUT2D eigenvalue weighted by Crippen LogP contribution is -2.62. The quantitative estimate of drug-likeness (QED) is 0.671. The molecule has 1 saturated carbocycles. The summed E-state index contributed by atoms with van der Waals surface area (Å²) in [4.78, 5) is 21.6. The van der Waals surface area contributed by atoms with Crippen molar-refractivity contribution in [1.29, 1.82) is 0 Å². The zero-order valence-electron chi connectivity index (χ0n) is 9.09. The molecule has 0 aromatic carbocycles. The van der Waals surface area contributed by atoms with Gasteiger partial charge in [-0.25, -0.2) is 0 Å². The molecule has 0 bridgehead atoms. The van der Waals surface area contributed by atoms with Gasteiger partial charge in [-0.05, 0) is 0 Å². The molecule has 2 atom stereocenters. The van der Waals surface area contributed by atoms with Gasteiger partial charge in [0, 0.05) is 31.7 Å². The highest BCUT2D eigenvalue weighted by molar-refractivity contribution is 5.73. The van der Waals surface area contributed by atoms with Crippen LogP contribution in [-0.2, 0) is 14.3 Å². The van der Waals surface area contributed by atoms with Crippen molar-refractivity contribution in [2.45, 2.75) is 46.3 Å². The fraction of sp³-hybridized carbons (Fsp3) is 0.800. The first-order valence-corrected chi connectivity index (χ1v) is 4.78. The lowest BCUT2D eigenvalue weighted by Gasteiger charge is -2.50. The van der Waals surface area contributed by atoms with Crippen LogP contribution >= 0.6 is 0 Å². The highest BCUT2D eigenvalue weighted by Crippen LogP contribution is 2.42. The summed E-state index contributed by atoms with van der Waals surface area (Å²) >= 11 is 0. The van der Waals surface area contributed by atoms with Crippen LogP contribution in [0.4, 0.5) is 0 Å². The van der Waals surface area contributed by atoms with Crippen LogP contribution in [0.5, 0.6) is 0 Å². The molecule has 1 fully saturated rings. The molecule has 0 spiro atoms. The summed E-state index contributed by atoms with van der Waals surface area (Å²) in [5.41, 5.74) is -0.155. The average molecular weight is 199 g/mol. The van der Waals surface area contributed by atoms with Gasteiger partial charge in [-0.15, -0.1) is 0 Å². The maximum Gasteiger partial charge on any atom is 0.302 e. The minimum Gasteiger partial charge on any atom is -0.462 e. The number of carbonyl (C=O) groups excluding carboxylic acids is 2. The predicted octanol–water partition coefficient (Wildman–Crippen LogP) is 0.853. The monoisotopic (exact) mass is 199 g/mol. The molecule has 14 heavy (non-hydrogen) atoms. The first kappa shape index (κ1) is 11.0. The molecule has 4 heteroatoms. The number of amides is 1. The van der Waals surface area contributed by atoms with Gasteiger partial charge in [-0.1, -0.05) is 13.8 Å². The van der Waals surface area contributed by atoms with Crippen LogP contribution in [0.1, 0.15) is 34.1 Å². The average Bonchev–Trinajstić information content (AvgIpc) is 2.01. The number of esters is 1. The van der Waals surface area contributed by atoms with Crippen LogP contribution in [-0.4, -0.2) is 24.0 Å². The number of hydrogen-bond acceptors (Lipinski definition) is 3. The molecular formula is C10H17NO3. The first-order chi connectivity index (χ1) is 6.34. The molecule has 1 N–H and O–H groups in total. The lowest BCUT2D eigenvalue weighted by atomic mass is 9.64. The van der Waals surface area contributed by atoms with Gasteiger partial charge in [0.25, 0.3) is 0 Å². The Morgan fingerprint density at radius 3 is 2.29 bits per heavy atom. The Bertz CT molecular complexity index is 236. The van der Waals surface area contributed by atoms with Gasteiger partial charge in [0.2, 0.25) is 5.91 Å². The molecule has 0 heterocycles. The second-order valence-electron chi connectivity index (χ2n) is 4.41. The molecule has 0 saturated heterocycles.